The summed E-state index contributed by atoms with van der Waals surface area (Å²) in [6.07, 6.45) is 1.86. The van der Waals surface area contributed by atoms with Gasteiger partial charge in [-0.15, -0.1) is 0 Å². The summed E-state index contributed by atoms with van der Waals surface area (Å²) >= 11 is 5.53. The third-order valence-corrected chi connectivity index (χ3v) is 1.75. The van der Waals surface area contributed by atoms with E-state index in [1.807, 2.05) is 17.8 Å². The Kier molecular flexibility index (Phi) is 2.19. The van der Waals surface area contributed by atoms with E-state index in [2.05, 4.69) is 5.32 Å². The Hall–Kier alpha value is -0.960. The van der Waals surface area contributed by atoms with Gasteiger partial charge in [-0.2, -0.15) is 0 Å². The lowest BCUT2D eigenvalue weighted by Gasteiger charge is -2.03. The molecule has 0 amide bonds. The molecule has 11 heavy (non-hydrogen) atoms. The fourth-order valence-corrected chi connectivity index (χ4v) is 1.17. The van der Waals surface area contributed by atoms with E-state index in [9.17, 15) is 0 Å². The van der Waals surface area contributed by atoms with Gasteiger partial charge in [-0.05, 0) is 6.07 Å². The van der Waals surface area contributed by atoms with Crippen LogP contribution in [0.1, 0.15) is 5.56 Å². The monoisotopic (exact) mass is 171 g/mol. The summed E-state index contributed by atoms with van der Waals surface area (Å²) in [5.41, 5.74) is 0.733. The Morgan fingerprint density at radius 1 is 1.73 bits per heavy atom. The van der Waals surface area contributed by atoms with Crippen molar-refractivity contribution < 1.29 is 0 Å². The molecule has 0 aliphatic carbocycles. The van der Waals surface area contributed by atoms with Gasteiger partial charge in [-0.3, -0.25) is 5.41 Å². The number of nitrogens with zero attached hydrogens (tertiary/aromatic N) is 1. The molecule has 0 atom stereocenters. The van der Waals surface area contributed by atoms with Gasteiger partial charge < -0.3 is 9.88 Å². The number of rotatable bonds is 2. The van der Waals surface area contributed by atoms with Crippen molar-refractivity contribution in [3.05, 3.63) is 17.8 Å². The molecule has 4 heteroatoms. The molecule has 60 valence electrons. The molecule has 1 aromatic heterocycles. The van der Waals surface area contributed by atoms with Crippen LogP contribution < -0.4 is 5.32 Å². The number of nitrogens with one attached hydrogen (secondary N) is 2. The molecule has 0 saturated heterocycles. The maximum Gasteiger partial charge on any atom is 0.131 e. The van der Waals surface area contributed by atoms with Gasteiger partial charge in [0.25, 0.3) is 0 Å². The molecule has 0 spiro atoms. The molecular weight excluding hydrogens is 162 g/mol. The van der Waals surface area contributed by atoms with Gasteiger partial charge in [0.15, 0.2) is 0 Å². The molecule has 0 fully saturated rings. The first-order valence-corrected chi connectivity index (χ1v) is 3.62. The van der Waals surface area contributed by atoms with Crippen molar-refractivity contribution in [2.24, 2.45) is 7.05 Å². The fourth-order valence-electron chi connectivity index (χ4n) is 1.02. The van der Waals surface area contributed by atoms with E-state index in [4.69, 9.17) is 17.0 Å². The van der Waals surface area contributed by atoms with Crippen molar-refractivity contribution in [3.8, 4) is 0 Å². The highest BCUT2D eigenvalue weighted by Crippen LogP contribution is 2.16. The van der Waals surface area contributed by atoms with E-state index in [1.54, 1.807) is 13.1 Å². The predicted molar refractivity (Wildman–Crippen MR) is 47.6 cm³/mol. The van der Waals surface area contributed by atoms with Crippen molar-refractivity contribution >= 4 is 22.6 Å². The van der Waals surface area contributed by atoms with Gasteiger partial charge in [-0.25, -0.2) is 0 Å². The van der Waals surface area contributed by atoms with Crippen LogP contribution in [0.5, 0.6) is 0 Å². The molecular formula is C7H10ClN3. The van der Waals surface area contributed by atoms with Crippen LogP contribution in [0.25, 0.3) is 0 Å². The van der Waals surface area contributed by atoms with Gasteiger partial charge in [-0.1, -0.05) is 11.6 Å². The summed E-state index contributed by atoms with van der Waals surface area (Å²) in [5, 5.41) is 10.2. The number of aromatic nitrogens is 1. The summed E-state index contributed by atoms with van der Waals surface area (Å²) in [6, 6.07) is 1.81. The maximum absolute atomic E-state index is 7.20. The van der Waals surface area contributed by atoms with Crippen molar-refractivity contribution in [1.29, 1.82) is 5.41 Å². The molecule has 0 unspecified atom stereocenters. The van der Waals surface area contributed by atoms with Crippen LogP contribution >= 0.6 is 11.6 Å². The van der Waals surface area contributed by atoms with Crippen molar-refractivity contribution in [3.63, 3.8) is 0 Å². The summed E-state index contributed by atoms with van der Waals surface area (Å²) in [6.45, 7) is 0. The van der Waals surface area contributed by atoms with E-state index in [0.29, 0.717) is 0 Å². The van der Waals surface area contributed by atoms with Gasteiger partial charge >= 0.3 is 0 Å². The first-order chi connectivity index (χ1) is 5.16. The van der Waals surface area contributed by atoms with Crippen LogP contribution in [0, 0.1) is 5.41 Å². The molecule has 1 aromatic rings. The van der Waals surface area contributed by atoms with E-state index in [0.717, 1.165) is 11.4 Å². The van der Waals surface area contributed by atoms with Crippen LogP contribution in [0.2, 0.25) is 0 Å². The predicted octanol–water partition coefficient (Wildman–Crippen LogP) is 1.63. The summed E-state index contributed by atoms with van der Waals surface area (Å²) in [4.78, 5) is 0. The zero-order valence-electron chi connectivity index (χ0n) is 6.48. The van der Waals surface area contributed by atoms with Crippen LogP contribution in [-0.4, -0.2) is 16.8 Å². The highest BCUT2D eigenvalue weighted by atomic mass is 35.5. The second-order valence-electron chi connectivity index (χ2n) is 2.25. The Balaban J connectivity index is 3.15. The summed E-state index contributed by atoms with van der Waals surface area (Å²) < 4.78 is 1.88. The Bertz CT molecular complexity index is 277. The molecule has 3 nitrogen and oxygen atoms in total. The van der Waals surface area contributed by atoms with E-state index in [-0.39, 0.29) is 5.17 Å². The van der Waals surface area contributed by atoms with Crippen LogP contribution in [0.3, 0.4) is 0 Å². The first kappa shape index (κ1) is 8.14. The molecule has 0 aliphatic rings. The minimum atomic E-state index is 0.0648. The number of hydrogen-bond acceptors (Lipinski definition) is 2. The van der Waals surface area contributed by atoms with Crippen molar-refractivity contribution in [2.75, 3.05) is 12.4 Å². The average molecular weight is 172 g/mol. The lowest BCUT2D eigenvalue weighted by Crippen LogP contribution is -2.00. The minimum absolute atomic E-state index is 0.0648. The minimum Gasteiger partial charge on any atom is -0.374 e. The van der Waals surface area contributed by atoms with Gasteiger partial charge in [0.1, 0.15) is 11.0 Å². The second kappa shape index (κ2) is 2.96. The summed E-state index contributed by atoms with van der Waals surface area (Å²) in [5.74, 6) is 0.866. The lowest BCUT2D eigenvalue weighted by atomic mass is 10.3. The largest absolute Gasteiger partial charge is 0.374 e. The van der Waals surface area contributed by atoms with Crippen LogP contribution in [-0.2, 0) is 7.05 Å². The number of anilines is 1. The fraction of sp³-hybridized carbons (Fsp3) is 0.286. The number of halogens is 1. The molecule has 1 heterocycles. The summed E-state index contributed by atoms with van der Waals surface area (Å²) in [7, 11) is 3.70. The Morgan fingerprint density at radius 2 is 2.36 bits per heavy atom. The molecule has 0 aromatic carbocycles. The Morgan fingerprint density at radius 3 is 2.73 bits per heavy atom. The normalized spacial score (nSPS) is 9.73. The lowest BCUT2D eigenvalue weighted by molar-refractivity contribution is 0.932. The molecule has 0 saturated carbocycles. The Labute approximate surface area is 70.5 Å². The standard InChI is InChI=1S/C7H10ClN3/c1-10-7-5(6(8)9)3-4-11(7)2/h3-4,9-10H,1-2H3. The molecule has 1 rings (SSSR count). The van der Waals surface area contributed by atoms with Gasteiger partial charge in [0.05, 0.1) is 5.56 Å². The molecule has 2 N–H and O–H groups in total. The average Bonchev–Trinajstić information content (AvgIpc) is 2.30. The van der Waals surface area contributed by atoms with Crippen molar-refractivity contribution in [2.45, 2.75) is 0 Å². The highest BCUT2D eigenvalue weighted by Gasteiger charge is 2.07. The third kappa shape index (κ3) is 1.38. The maximum atomic E-state index is 7.20. The van der Waals surface area contributed by atoms with Gasteiger partial charge in [0, 0.05) is 20.3 Å². The van der Waals surface area contributed by atoms with E-state index in [1.165, 1.54) is 0 Å². The molecule has 0 aliphatic heterocycles. The van der Waals surface area contributed by atoms with Crippen LogP contribution in [0.15, 0.2) is 12.3 Å². The van der Waals surface area contributed by atoms with Gasteiger partial charge in [0.2, 0.25) is 0 Å². The zero-order chi connectivity index (χ0) is 8.43. The quantitative estimate of drug-likeness (QED) is 0.653. The number of hydrogen-bond donors (Lipinski definition) is 2. The first-order valence-electron chi connectivity index (χ1n) is 3.24. The third-order valence-electron chi connectivity index (χ3n) is 1.55. The SMILES string of the molecule is CNc1c(C(=N)Cl)ccn1C. The van der Waals surface area contributed by atoms with Crippen LogP contribution in [0.4, 0.5) is 5.82 Å². The smallest absolute Gasteiger partial charge is 0.131 e. The van der Waals surface area contributed by atoms with E-state index < -0.39 is 0 Å². The topological polar surface area (TPSA) is 40.8 Å². The number of aryl methyl sites for hydroxylation is 1. The van der Waals surface area contributed by atoms with E-state index >= 15 is 0 Å². The second-order valence-corrected chi connectivity index (χ2v) is 2.63. The zero-order valence-corrected chi connectivity index (χ0v) is 7.24. The van der Waals surface area contributed by atoms with Crippen molar-refractivity contribution in [1.82, 2.24) is 4.57 Å². The molecule has 0 bridgehead atoms. The highest BCUT2D eigenvalue weighted by molar-refractivity contribution is 6.69. The molecule has 0 radical (unpaired) electrons.